The Labute approximate surface area is 223 Å². The molecule has 5 rings (SSSR count). The Balaban J connectivity index is 1.69. The number of phenolic OH excluding ortho intramolecular Hbond substituents is 1. The van der Waals surface area contributed by atoms with E-state index in [0.29, 0.717) is 16.8 Å². The minimum atomic E-state index is -2.73. The number of phenols is 1. The van der Waals surface area contributed by atoms with Crippen molar-refractivity contribution >= 4 is 46.1 Å². The minimum Gasteiger partial charge on any atom is -0.506 e. The summed E-state index contributed by atoms with van der Waals surface area (Å²) >= 11 is 1.38. The number of carbonyl (C=O) groups excluding carboxylic acids is 5. The lowest BCUT2D eigenvalue weighted by atomic mass is 9.52. The Kier molecular flexibility index (Phi) is 6.08. The molecule has 4 N–H and O–H groups in total. The number of aliphatic hydroxyl groups is 1. The van der Waals surface area contributed by atoms with Gasteiger partial charge in [-0.25, -0.2) is 0 Å². The summed E-state index contributed by atoms with van der Waals surface area (Å²) in [5, 5.41) is 24.8. The number of likely N-dealkylation sites (N-methyl/N-ethyl adjacent to an activating group) is 1. The zero-order valence-electron chi connectivity index (χ0n) is 21.4. The van der Waals surface area contributed by atoms with Crippen molar-refractivity contribution in [3.8, 4) is 16.2 Å². The van der Waals surface area contributed by atoms with E-state index in [0.717, 1.165) is 4.88 Å². The van der Waals surface area contributed by atoms with Crippen LogP contribution in [0.15, 0.2) is 23.6 Å². The topological polar surface area (TPSA) is 158 Å². The number of nitrogens with two attached hydrogens (primary N) is 1. The second-order valence-corrected chi connectivity index (χ2v) is 11.8. The van der Waals surface area contributed by atoms with Gasteiger partial charge in [-0.3, -0.25) is 28.9 Å². The van der Waals surface area contributed by atoms with E-state index in [-0.39, 0.29) is 24.2 Å². The van der Waals surface area contributed by atoms with Crippen molar-refractivity contribution in [1.82, 2.24) is 4.90 Å². The number of nitrogens with zero attached hydrogens (tertiary/aromatic N) is 2. The van der Waals surface area contributed by atoms with Gasteiger partial charge in [0.25, 0.3) is 0 Å². The molecule has 2 saturated carbocycles. The number of thiophene rings is 1. The van der Waals surface area contributed by atoms with Gasteiger partial charge < -0.3 is 20.8 Å². The minimum absolute atomic E-state index is 0.00815. The monoisotopic (exact) mass is 539 g/mol. The standard InChI is InChI=1S/C27H29N3O7S/c1-29(2)15-10-13(16-6-5-7-38-16)21(31)18-12(15)8-11-9-14-20(30(3)4)23(33)19(26(28)36)25(35)27(14,37)24(34)17(11)22(18)32/h5-7,10-11,14,17,19-20,31,37H,8-9H2,1-4H3,(H2,28,36)/t11-,14-,17?,19?,20-,27-/m0/s1. The molecule has 2 unspecified atom stereocenters. The van der Waals surface area contributed by atoms with Crippen LogP contribution >= 0.6 is 11.3 Å². The Bertz CT molecular complexity index is 1400. The normalized spacial score (nSPS) is 30.6. The van der Waals surface area contributed by atoms with Crippen LogP contribution < -0.4 is 10.6 Å². The summed E-state index contributed by atoms with van der Waals surface area (Å²) < 4.78 is 0. The molecule has 0 aliphatic heterocycles. The molecule has 0 bridgehead atoms. The summed E-state index contributed by atoms with van der Waals surface area (Å²) in [6.45, 7) is 0. The fraction of sp³-hybridized carbons (Fsp3) is 0.444. The maximum absolute atomic E-state index is 14.0. The molecule has 200 valence electrons. The van der Waals surface area contributed by atoms with E-state index < -0.39 is 64.4 Å². The van der Waals surface area contributed by atoms with Gasteiger partial charge in [0.15, 0.2) is 34.7 Å². The van der Waals surface area contributed by atoms with E-state index in [1.54, 1.807) is 14.1 Å². The number of hydrogen-bond acceptors (Lipinski definition) is 10. The first-order valence-electron chi connectivity index (χ1n) is 12.3. The Morgan fingerprint density at radius 1 is 1.13 bits per heavy atom. The van der Waals surface area contributed by atoms with E-state index in [1.165, 1.54) is 16.2 Å². The molecule has 11 heteroatoms. The Morgan fingerprint density at radius 3 is 2.37 bits per heavy atom. The van der Waals surface area contributed by atoms with Gasteiger partial charge in [-0.1, -0.05) is 6.07 Å². The fourth-order valence-corrected chi connectivity index (χ4v) is 7.41. The van der Waals surface area contributed by atoms with Gasteiger partial charge in [0.05, 0.1) is 17.5 Å². The molecule has 1 heterocycles. The summed E-state index contributed by atoms with van der Waals surface area (Å²) in [6, 6.07) is 4.31. The first-order chi connectivity index (χ1) is 17.8. The fourth-order valence-electron chi connectivity index (χ4n) is 6.67. The van der Waals surface area contributed by atoms with Gasteiger partial charge in [0, 0.05) is 36.1 Å². The highest BCUT2D eigenvalue weighted by Crippen LogP contribution is 2.53. The molecule has 6 atom stereocenters. The number of Topliss-reactive ketones (excluding diaryl/α,β-unsaturated/α-hetero) is 4. The molecular weight excluding hydrogens is 510 g/mol. The highest BCUT2D eigenvalue weighted by atomic mass is 32.1. The average Bonchev–Trinajstić information content (AvgIpc) is 3.35. The van der Waals surface area contributed by atoms with Crippen LogP contribution in [0.1, 0.15) is 22.3 Å². The number of fused-ring (bicyclic) bond motifs is 3. The van der Waals surface area contributed by atoms with Crippen molar-refractivity contribution in [2.45, 2.75) is 24.5 Å². The zero-order chi connectivity index (χ0) is 27.8. The van der Waals surface area contributed by atoms with Crippen molar-refractivity contribution in [3.63, 3.8) is 0 Å². The van der Waals surface area contributed by atoms with E-state index in [9.17, 15) is 34.2 Å². The predicted octanol–water partition coefficient (Wildman–Crippen LogP) is 0.661. The Morgan fingerprint density at radius 2 is 1.82 bits per heavy atom. The number of carbonyl (C=O) groups is 5. The first kappa shape index (κ1) is 26.2. The van der Waals surface area contributed by atoms with Gasteiger partial charge >= 0.3 is 0 Å². The smallest absolute Gasteiger partial charge is 0.235 e. The quantitative estimate of drug-likeness (QED) is 0.475. The lowest BCUT2D eigenvalue weighted by Crippen LogP contribution is -2.74. The highest BCUT2D eigenvalue weighted by Gasteiger charge is 2.69. The summed E-state index contributed by atoms with van der Waals surface area (Å²) in [4.78, 5) is 70.7. The van der Waals surface area contributed by atoms with E-state index >= 15 is 0 Å². The number of aromatic hydroxyl groups is 1. The molecule has 10 nitrogen and oxygen atoms in total. The zero-order valence-corrected chi connectivity index (χ0v) is 22.2. The van der Waals surface area contributed by atoms with Crippen LogP contribution in [0.5, 0.6) is 5.75 Å². The van der Waals surface area contributed by atoms with Gasteiger partial charge in [0.2, 0.25) is 5.91 Å². The number of rotatable bonds is 4. The average molecular weight is 540 g/mol. The molecule has 1 aromatic heterocycles. The van der Waals surface area contributed by atoms with Crippen LogP contribution in [0.3, 0.4) is 0 Å². The van der Waals surface area contributed by atoms with Gasteiger partial charge in [0.1, 0.15) is 5.75 Å². The molecule has 3 aliphatic rings. The Hall–Kier alpha value is -3.41. The van der Waals surface area contributed by atoms with Crippen molar-refractivity contribution in [2.24, 2.45) is 29.4 Å². The molecule has 2 fully saturated rings. The van der Waals surface area contributed by atoms with Crippen LogP contribution in [0.4, 0.5) is 5.69 Å². The maximum atomic E-state index is 14.0. The molecule has 0 saturated heterocycles. The molecule has 0 radical (unpaired) electrons. The molecule has 38 heavy (non-hydrogen) atoms. The summed E-state index contributed by atoms with van der Waals surface area (Å²) in [5.41, 5.74) is 4.33. The highest BCUT2D eigenvalue weighted by molar-refractivity contribution is 7.13. The third kappa shape index (κ3) is 3.41. The molecule has 1 aromatic carbocycles. The van der Waals surface area contributed by atoms with Crippen molar-refractivity contribution < 1.29 is 34.2 Å². The third-order valence-corrected chi connectivity index (χ3v) is 9.21. The summed E-state index contributed by atoms with van der Waals surface area (Å²) in [5.74, 6) is -10.5. The van der Waals surface area contributed by atoms with Crippen LogP contribution in [-0.2, 0) is 25.6 Å². The lowest BCUT2D eigenvalue weighted by molar-refractivity contribution is -0.181. The third-order valence-electron chi connectivity index (χ3n) is 8.31. The number of hydrogen-bond donors (Lipinski definition) is 3. The van der Waals surface area contributed by atoms with E-state index in [1.807, 2.05) is 42.6 Å². The molecule has 2 aromatic rings. The predicted molar refractivity (Wildman–Crippen MR) is 139 cm³/mol. The van der Waals surface area contributed by atoms with Crippen LogP contribution in [0.25, 0.3) is 10.4 Å². The second-order valence-electron chi connectivity index (χ2n) is 10.8. The van der Waals surface area contributed by atoms with Crippen molar-refractivity contribution in [2.75, 3.05) is 33.1 Å². The largest absolute Gasteiger partial charge is 0.506 e. The number of ketones is 4. The van der Waals surface area contributed by atoms with Gasteiger partial charge in [-0.05, 0) is 55.9 Å². The first-order valence-corrected chi connectivity index (χ1v) is 13.1. The van der Waals surface area contributed by atoms with Crippen LogP contribution in [0, 0.1) is 23.7 Å². The second kappa shape index (κ2) is 8.82. The number of benzene rings is 1. The summed E-state index contributed by atoms with van der Waals surface area (Å²) in [7, 11) is 6.75. The van der Waals surface area contributed by atoms with Gasteiger partial charge in [-0.15, -0.1) is 11.3 Å². The van der Waals surface area contributed by atoms with E-state index in [4.69, 9.17) is 5.73 Å². The molecular formula is C27H29N3O7S. The number of anilines is 1. The maximum Gasteiger partial charge on any atom is 0.235 e. The number of amides is 1. The van der Waals surface area contributed by atoms with Gasteiger partial charge in [-0.2, -0.15) is 0 Å². The summed E-state index contributed by atoms with van der Waals surface area (Å²) in [6.07, 6.45) is 0.238. The number of primary amides is 1. The molecule has 1 amide bonds. The molecule has 3 aliphatic carbocycles. The molecule has 0 spiro atoms. The van der Waals surface area contributed by atoms with Crippen molar-refractivity contribution in [3.05, 3.63) is 34.7 Å². The SMILES string of the molecule is CN(C)c1cc(-c2cccs2)c(O)c2c1C[C@H]1C[C@H]3[C@H](N(C)C)C(=O)C(C(N)=O)C(=O)[C@@]3(O)C(=O)C1C2=O. The van der Waals surface area contributed by atoms with Crippen LogP contribution in [0.2, 0.25) is 0 Å². The van der Waals surface area contributed by atoms with Crippen LogP contribution in [-0.4, -0.2) is 84.0 Å². The van der Waals surface area contributed by atoms with Crippen molar-refractivity contribution in [1.29, 1.82) is 0 Å². The van der Waals surface area contributed by atoms with E-state index in [2.05, 4.69) is 0 Å². The lowest BCUT2D eigenvalue weighted by Gasteiger charge is -2.52.